The van der Waals surface area contributed by atoms with Gasteiger partial charge >= 0.3 is 6.01 Å². The first-order valence-electron chi connectivity index (χ1n) is 11.3. The zero-order chi connectivity index (χ0) is 23.2. The summed E-state index contributed by atoms with van der Waals surface area (Å²) in [5.74, 6) is 7.37. The topological polar surface area (TPSA) is 128 Å². The Hall–Kier alpha value is -3.59. The van der Waals surface area contributed by atoms with Gasteiger partial charge in [-0.1, -0.05) is 41.9 Å². The van der Waals surface area contributed by atoms with Crippen LogP contribution in [0.15, 0.2) is 52.7 Å². The second kappa shape index (κ2) is 10.4. The van der Waals surface area contributed by atoms with Crippen molar-refractivity contribution in [3.8, 4) is 17.1 Å². The van der Waals surface area contributed by atoms with Crippen LogP contribution < -0.4 is 21.6 Å². The van der Waals surface area contributed by atoms with Crippen molar-refractivity contribution in [1.82, 2.24) is 20.1 Å². The van der Waals surface area contributed by atoms with E-state index in [0.29, 0.717) is 22.9 Å². The van der Waals surface area contributed by atoms with E-state index < -0.39 is 0 Å². The molecule has 1 fully saturated rings. The molecule has 0 bridgehead atoms. The monoisotopic (exact) mass is 449 g/mol. The van der Waals surface area contributed by atoms with Crippen LogP contribution in [0.25, 0.3) is 17.1 Å². The van der Waals surface area contributed by atoms with Gasteiger partial charge < -0.3 is 25.3 Å². The van der Waals surface area contributed by atoms with Crippen molar-refractivity contribution >= 4 is 11.7 Å². The van der Waals surface area contributed by atoms with E-state index in [-0.39, 0.29) is 18.7 Å². The number of benzene rings is 1. The molecule has 1 aliphatic carbocycles. The summed E-state index contributed by atoms with van der Waals surface area (Å²) in [7, 11) is 1.72. The first-order chi connectivity index (χ1) is 16.0. The van der Waals surface area contributed by atoms with Crippen molar-refractivity contribution in [1.29, 1.82) is 0 Å². The highest BCUT2D eigenvalue weighted by atomic mass is 16.5. The fraction of sp³-hybridized carbons (Fsp3) is 0.375. The highest BCUT2D eigenvalue weighted by molar-refractivity contribution is 5.64. The summed E-state index contributed by atoms with van der Waals surface area (Å²) in [4.78, 5) is 9.05. The smallest absolute Gasteiger partial charge is 0.322 e. The molecule has 0 saturated heterocycles. The number of aromatic nitrogens is 3. The summed E-state index contributed by atoms with van der Waals surface area (Å²) >= 11 is 0. The van der Waals surface area contributed by atoms with Gasteiger partial charge in [0.1, 0.15) is 5.75 Å². The van der Waals surface area contributed by atoms with Gasteiger partial charge in [0.05, 0.1) is 35.4 Å². The lowest BCUT2D eigenvalue weighted by Gasteiger charge is -2.24. The second-order valence-corrected chi connectivity index (χ2v) is 8.27. The predicted molar refractivity (Wildman–Crippen MR) is 128 cm³/mol. The Morgan fingerprint density at radius 3 is 2.58 bits per heavy atom. The molecule has 33 heavy (non-hydrogen) atoms. The third-order valence-electron chi connectivity index (χ3n) is 5.76. The van der Waals surface area contributed by atoms with E-state index in [1.807, 2.05) is 49.4 Å². The number of anilines is 1. The quantitative estimate of drug-likeness (QED) is 0.348. The number of nitrogens with two attached hydrogens (primary N) is 2. The van der Waals surface area contributed by atoms with Gasteiger partial charge in [0, 0.05) is 12.6 Å². The molecule has 2 heterocycles. The molecule has 2 aromatic heterocycles. The van der Waals surface area contributed by atoms with Crippen LogP contribution in [0.2, 0.25) is 0 Å². The average molecular weight is 450 g/mol. The molecule has 0 unspecified atom stereocenters. The second-order valence-electron chi connectivity index (χ2n) is 8.27. The van der Waals surface area contributed by atoms with Crippen LogP contribution in [0, 0.1) is 6.92 Å². The zero-order valence-electron chi connectivity index (χ0n) is 19.1. The molecular formula is C24H31N7O2. The third-order valence-corrected chi connectivity index (χ3v) is 5.76. The highest BCUT2D eigenvalue weighted by Gasteiger charge is 2.18. The number of nitrogens with one attached hydrogen (secondary N) is 1. The molecule has 0 amide bonds. The first-order valence-corrected chi connectivity index (χ1v) is 11.3. The number of hydrazine groups is 1. The number of pyridine rings is 1. The Kier molecular flexibility index (Phi) is 7.09. The lowest BCUT2D eigenvalue weighted by molar-refractivity contribution is 0.153. The van der Waals surface area contributed by atoms with Crippen LogP contribution >= 0.6 is 0 Å². The Bertz CT molecular complexity index is 1090. The number of rotatable bonds is 8. The van der Waals surface area contributed by atoms with Crippen molar-refractivity contribution in [2.75, 3.05) is 18.9 Å². The van der Waals surface area contributed by atoms with Crippen LogP contribution in [0.1, 0.15) is 43.5 Å². The maximum absolute atomic E-state index is 6.45. The van der Waals surface area contributed by atoms with Crippen LogP contribution in [-0.4, -0.2) is 39.8 Å². The van der Waals surface area contributed by atoms with Gasteiger partial charge in [0.25, 0.3) is 0 Å². The summed E-state index contributed by atoms with van der Waals surface area (Å²) in [5, 5.41) is 8.57. The molecule has 9 heteroatoms. The summed E-state index contributed by atoms with van der Waals surface area (Å²) in [6, 6.07) is 13.7. The van der Waals surface area contributed by atoms with Crippen LogP contribution in [0.4, 0.5) is 6.01 Å². The minimum absolute atomic E-state index is 0.267. The Morgan fingerprint density at radius 2 is 1.88 bits per heavy atom. The molecule has 5 N–H and O–H groups in total. The number of ether oxygens (including phenoxy) is 1. The molecule has 0 atom stereocenters. The Balaban J connectivity index is 1.47. The van der Waals surface area contributed by atoms with Crippen LogP contribution in [-0.2, 0) is 0 Å². The maximum Gasteiger partial charge on any atom is 0.322 e. The molecule has 0 spiro atoms. The molecule has 0 radical (unpaired) electrons. The standard InChI is InChI=1S/C24H31N7O2/c1-16-21(32-18-11-7-4-8-12-18)14-13-19(28-16)22(25)20(31(2)26)15-27-24-29-23(30-33-24)17-9-5-3-6-10-17/h3,5-6,9-10,13-14,18H,4,7-8,11-12,15,25-26H2,1-2H3,(H,27,29,30)/b22-20-. The highest BCUT2D eigenvalue weighted by Crippen LogP contribution is 2.26. The molecule has 1 aromatic carbocycles. The van der Waals surface area contributed by atoms with Crippen molar-refractivity contribution < 1.29 is 9.26 Å². The van der Waals surface area contributed by atoms with E-state index in [1.165, 1.54) is 24.3 Å². The molecule has 1 aliphatic rings. The van der Waals surface area contributed by atoms with Crippen LogP contribution in [0.3, 0.4) is 0 Å². The molecule has 1 saturated carbocycles. The summed E-state index contributed by atoms with van der Waals surface area (Å²) < 4.78 is 11.5. The minimum Gasteiger partial charge on any atom is -0.489 e. The SMILES string of the molecule is Cc1nc(/C(N)=C(\CNc2nc(-c3ccccc3)no2)N(C)N)ccc1OC1CCCCC1. The largest absolute Gasteiger partial charge is 0.489 e. The number of likely N-dealkylation sites (N-methyl/N-ethyl adjacent to an activating group) is 1. The van der Waals surface area contributed by atoms with E-state index in [9.17, 15) is 0 Å². The molecule has 4 rings (SSSR count). The van der Waals surface area contributed by atoms with Gasteiger partial charge in [-0.25, -0.2) is 10.8 Å². The Labute approximate surface area is 193 Å². The third kappa shape index (κ3) is 5.61. The fourth-order valence-corrected chi connectivity index (χ4v) is 3.90. The van der Waals surface area contributed by atoms with Gasteiger partial charge in [-0.2, -0.15) is 4.98 Å². The van der Waals surface area contributed by atoms with Crippen LogP contribution in [0.5, 0.6) is 5.75 Å². The molecule has 174 valence electrons. The maximum atomic E-state index is 6.45. The fourth-order valence-electron chi connectivity index (χ4n) is 3.90. The number of nitrogens with zero attached hydrogens (tertiary/aromatic N) is 4. The van der Waals surface area contributed by atoms with E-state index in [0.717, 1.165) is 29.8 Å². The van der Waals surface area contributed by atoms with E-state index >= 15 is 0 Å². The predicted octanol–water partition coefficient (Wildman–Crippen LogP) is 3.70. The molecule has 9 nitrogen and oxygen atoms in total. The van der Waals surface area contributed by atoms with Crippen molar-refractivity contribution in [3.63, 3.8) is 0 Å². The van der Waals surface area contributed by atoms with Crippen molar-refractivity contribution in [2.24, 2.45) is 11.6 Å². The number of hydrogen-bond acceptors (Lipinski definition) is 9. The van der Waals surface area contributed by atoms with Crippen molar-refractivity contribution in [3.05, 3.63) is 59.5 Å². The molecule has 0 aliphatic heterocycles. The Morgan fingerprint density at radius 1 is 1.12 bits per heavy atom. The van der Waals surface area contributed by atoms with Gasteiger partial charge in [-0.3, -0.25) is 0 Å². The summed E-state index contributed by atoms with van der Waals surface area (Å²) in [6.45, 7) is 2.22. The lowest BCUT2D eigenvalue weighted by Crippen LogP contribution is -2.32. The van der Waals surface area contributed by atoms with Gasteiger partial charge in [0.15, 0.2) is 0 Å². The van der Waals surface area contributed by atoms with Gasteiger partial charge in [-0.05, 0) is 44.7 Å². The lowest BCUT2D eigenvalue weighted by atomic mass is 9.98. The van der Waals surface area contributed by atoms with Gasteiger partial charge in [0.2, 0.25) is 5.82 Å². The normalized spacial score (nSPS) is 15.1. The van der Waals surface area contributed by atoms with Gasteiger partial charge in [-0.15, -0.1) is 0 Å². The zero-order valence-corrected chi connectivity index (χ0v) is 19.1. The van der Waals surface area contributed by atoms with E-state index in [2.05, 4.69) is 20.4 Å². The van der Waals surface area contributed by atoms with E-state index in [1.54, 1.807) is 7.05 Å². The molecule has 3 aromatic rings. The number of hydrogen-bond donors (Lipinski definition) is 3. The summed E-state index contributed by atoms with van der Waals surface area (Å²) in [6.07, 6.45) is 6.19. The first kappa shape index (κ1) is 22.6. The number of aryl methyl sites for hydroxylation is 1. The van der Waals surface area contributed by atoms with Crippen molar-refractivity contribution in [2.45, 2.75) is 45.1 Å². The minimum atomic E-state index is 0.267. The van der Waals surface area contributed by atoms with E-state index in [4.69, 9.17) is 20.8 Å². The molecular weight excluding hydrogens is 418 g/mol. The average Bonchev–Trinajstić information content (AvgIpc) is 3.30. The summed E-state index contributed by atoms with van der Waals surface area (Å²) in [5.41, 5.74) is 9.86.